The molecular formula is C12H13IO2. The Morgan fingerprint density at radius 1 is 1.33 bits per heavy atom. The molecule has 2 aliphatic rings. The Hall–Kier alpha value is -0.710. The fraction of sp³-hybridized carbons (Fsp3) is 0.333. The summed E-state index contributed by atoms with van der Waals surface area (Å²) in [5.74, 6) is 0.863. The number of hydrogen-bond donors (Lipinski definition) is 0. The van der Waals surface area contributed by atoms with Gasteiger partial charge < -0.3 is 9.47 Å². The van der Waals surface area contributed by atoms with Crippen LogP contribution in [0, 0.1) is 0 Å². The molecule has 0 saturated heterocycles. The number of alkyl halides is 1. The van der Waals surface area contributed by atoms with Gasteiger partial charge in [-0.25, -0.2) is 0 Å². The number of ether oxygens (including phenoxy) is 2. The zero-order chi connectivity index (χ0) is 10.5. The smallest absolute Gasteiger partial charge is 0.165 e. The van der Waals surface area contributed by atoms with Crippen molar-refractivity contribution in [2.75, 3.05) is 4.43 Å². The first kappa shape index (κ1) is 10.8. The highest BCUT2D eigenvalue weighted by molar-refractivity contribution is 14.1. The molecule has 0 spiro atoms. The first-order chi connectivity index (χ1) is 7.42. The second-order valence-electron chi connectivity index (χ2n) is 3.39. The van der Waals surface area contributed by atoms with E-state index in [0.717, 1.165) is 29.4 Å². The van der Waals surface area contributed by atoms with Crippen molar-refractivity contribution < 1.29 is 9.47 Å². The van der Waals surface area contributed by atoms with E-state index >= 15 is 0 Å². The minimum absolute atomic E-state index is 0.863. The van der Waals surface area contributed by atoms with Gasteiger partial charge in [-0.15, -0.1) is 0 Å². The highest BCUT2D eigenvalue weighted by Crippen LogP contribution is 2.29. The third-order valence-electron chi connectivity index (χ3n) is 2.43. The van der Waals surface area contributed by atoms with E-state index in [4.69, 9.17) is 9.47 Å². The SMILES string of the molecule is ICCC1=C(C2=COC=CO2)CCC=C1. The molecule has 2 nitrogen and oxygen atoms in total. The molecule has 0 saturated carbocycles. The Bertz CT molecular complexity index is 351. The lowest BCUT2D eigenvalue weighted by Gasteiger charge is -2.18. The van der Waals surface area contributed by atoms with Crippen molar-refractivity contribution in [1.29, 1.82) is 0 Å². The van der Waals surface area contributed by atoms with Gasteiger partial charge in [0, 0.05) is 10.0 Å². The van der Waals surface area contributed by atoms with Gasteiger partial charge >= 0.3 is 0 Å². The molecule has 3 heteroatoms. The van der Waals surface area contributed by atoms with Gasteiger partial charge in [0.2, 0.25) is 0 Å². The lowest BCUT2D eigenvalue weighted by molar-refractivity contribution is 0.262. The van der Waals surface area contributed by atoms with Crippen LogP contribution in [0.15, 0.2) is 47.8 Å². The number of rotatable bonds is 3. The Balaban J connectivity index is 2.22. The van der Waals surface area contributed by atoms with Crippen molar-refractivity contribution in [1.82, 2.24) is 0 Å². The summed E-state index contributed by atoms with van der Waals surface area (Å²) in [4.78, 5) is 0. The van der Waals surface area contributed by atoms with Crippen molar-refractivity contribution in [3.8, 4) is 0 Å². The maximum Gasteiger partial charge on any atom is 0.165 e. The van der Waals surface area contributed by atoms with Crippen molar-refractivity contribution in [2.24, 2.45) is 0 Å². The summed E-state index contributed by atoms with van der Waals surface area (Å²) in [6.07, 6.45) is 12.5. The maximum absolute atomic E-state index is 5.46. The number of halogens is 1. The predicted octanol–water partition coefficient (Wildman–Crippen LogP) is 3.82. The van der Waals surface area contributed by atoms with Crippen LogP contribution in [0.3, 0.4) is 0 Å². The zero-order valence-electron chi connectivity index (χ0n) is 8.41. The molecule has 0 aromatic carbocycles. The van der Waals surface area contributed by atoms with E-state index in [0.29, 0.717) is 0 Å². The first-order valence-corrected chi connectivity index (χ1v) is 6.56. The quantitative estimate of drug-likeness (QED) is 0.582. The van der Waals surface area contributed by atoms with E-state index in [9.17, 15) is 0 Å². The standard InChI is InChI=1S/C12H13IO2/c13-6-5-10-3-1-2-4-11(10)12-9-14-7-8-15-12/h1,3,7-9H,2,4-6H2. The first-order valence-electron chi connectivity index (χ1n) is 5.04. The molecule has 0 fully saturated rings. The van der Waals surface area contributed by atoms with Gasteiger partial charge in [-0.05, 0) is 24.8 Å². The van der Waals surface area contributed by atoms with Gasteiger partial charge in [0.1, 0.15) is 18.8 Å². The monoisotopic (exact) mass is 316 g/mol. The van der Waals surface area contributed by atoms with E-state index in [1.165, 1.54) is 11.1 Å². The van der Waals surface area contributed by atoms with Crippen molar-refractivity contribution in [3.05, 3.63) is 47.8 Å². The Morgan fingerprint density at radius 3 is 3.00 bits per heavy atom. The molecule has 2 rings (SSSR count). The molecule has 15 heavy (non-hydrogen) atoms. The maximum atomic E-state index is 5.46. The van der Waals surface area contributed by atoms with Crippen LogP contribution in [0.4, 0.5) is 0 Å². The van der Waals surface area contributed by atoms with Gasteiger partial charge in [-0.2, -0.15) is 0 Å². The zero-order valence-corrected chi connectivity index (χ0v) is 10.6. The van der Waals surface area contributed by atoms with Gasteiger partial charge in [0.25, 0.3) is 0 Å². The minimum Gasteiger partial charge on any atom is -0.466 e. The Labute approximate surface area is 103 Å². The fourth-order valence-electron chi connectivity index (χ4n) is 1.74. The molecule has 0 amide bonds. The number of hydrogen-bond acceptors (Lipinski definition) is 2. The lowest BCUT2D eigenvalue weighted by Crippen LogP contribution is -2.03. The summed E-state index contributed by atoms with van der Waals surface area (Å²) in [7, 11) is 0. The highest BCUT2D eigenvalue weighted by Gasteiger charge is 2.15. The predicted molar refractivity (Wildman–Crippen MR) is 68.3 cm³/mol. The van der Waals surface area contributed by atoms with Gasteiger partial charge in [-0.1, -0.05) is 34.7 Å². The summed E-state index contributed by atoms with van der Waals surface area (Å²) < 4.78 is 11.7. The second-order valence-corrected chi connectivity index (χ2v) is 4.47. The van der Waals surface area contributed by atoms with Crippen LogP contribution >= 0.6 is 22.6 Å². The minimum atomic E-state index is 0.863. The molecule has 0 N–H and O–H groups in total. The summed E-state index contributed by atoms with van der Waals surface area (Å²) in [6.45, 7) is 0. The van der Waals surface area contributed by atoms with Crippen molar-refractivity contribution >= 4 is 22.6 Å². The Kier molecular flexibility index (Phi) is 3.88. The van der Waals surface area contributed by atoms with Crippen LogP contribution in [-0.2, 0) is 9.47 Å². The van der Waals surface area contributed by atoms with Gasteiger partial charge in [-0.3, -0.25) is 0 Å². The van der Waals surface area contributed by atoms with Gasteiger partial charge in [0.05, 0.1) is 0 Å². The molecular weight excluding hydrogens is 303 g/mol. The van der Waals surface area contributed by atoms with E-state index in [-0.39, 0.29) is 0 Å². The van der Waals surface area contributed by atoms with E-state index in [1.807, 2.05) is 0 Å². The van der Waals surface area contributed by atoms with Crippen LogP contribution in [0.5, 0.6) is 0 Å². The molecule has 0 radical (unpaired) electrons. The van der Waals surface area contributed by atoms with Crippen LogP contribution < -0.4 is 0 Å². The van der Waals surface area contributed by atoms with Crippen LogP contribution in [0.2, 0.25) is 0 Å². The third kappa shape index (κ3) is 2.65. The van der Waals surface area contributed by atoms with Crippen LogP contribution in [-0.4, -0.2) is 4.43 Å². The van der Waals surface area contributed by atoms with E-state index < -0.39 is 0 Å². The van der Waals surface area contributed by atoms with Crippen LogP contribution in [0.25, 0.3) is 0 Å². The normalized spacial score (nSPS) is 19.7. The molecule has 0 atom stereocenters. The molecule has 1 heterocycles. The van der Waals surface area contributed by atoms with E-state index in [1.54, 1.807) is 18.8 Å². The third-order valence-corrected chi connectivity index (χ3v) is 2.97. The van der Waals surface area contributed by atoms with E-state index in [2.05, 4.69) is 34.7 Å². The highest BCUT2D eigenvalue weighted by atomic mass is 127. The largest absolute Gasteiger partial charge is 0.466 e. The molecule has 0 unspecified atom stereocenters. The average Bonchev–Trinajstić information content (AvgIpc) is 2.31. The summed E-state index contributed by atoms with van der Waals surface area (Å²) in [5, 5.41) is 0. The molecule has 0 aromatic heterocycles. The molecule has 80 valence electrons. The summed E-state index contributed by atoms with van der Waals surface area (Å²) in [5.41, 5.74) is 2.67. The molecule has 0 aromatic rings. The average molecular weight is 316 g/mol. The fourth-order valence-corrected chi connectivity index (χ4v) is 2.32. The van der Waals surface area contributed by atoms with Crippen molar-refractivity contribution in [2.45, 2.75) is 19.3 Å². The second kappa shape index (κ2) is 5.39. The lowest BCUT2D eigenvalue weighted by atomic mass is 9.94. The van der Waals surface area contributed by atoms with Gasteiger partial charge in [0.15, 0.2) is 5.76 Å². The molecule has 0 bridgehead atoms. The Morgan fingerprint density at radius 2 is 2.27 bits per heavy atom. The van der Waals surface area contributed by atoms with Crippen molar-refractivity contribution in [3.63, 3.8) is 0 Å². The summed E-state index contributed by atoms with van der Waals surface area (Å²) in [6, 6.07) is 0. The summed E-state index contributed by atoms with van der Waals surface area (Å²) >= 11 is 2.40. The van der Waals surface area contributed by atoms with Crippen LogP contribution in [0.1, 0.15) is 19.3 Å². The topological polar surface area (TPSA) is 18.5 Å². The number of allylic oxidation sites excluding steroid dienone is 4. The molecule has 1 aliphatic carbocycles. The molecule has 1 aliphatic heterocycles.